The van der Waals surface area contributed by atoms with Crippen molar-refractivity contribution in [3.63, 3.8) is 0 Å². The number of thiazole rings is 1. The summed E-state index contributed by atoms with van der Waals surface area (Å²) in [6.07, 6.45) is -3.96. The van der Waals surface area contributed by atoms with Crippen LogP contribution in [0.1, 0.15) is 17.6 Å². The standard InChI is InChI=1S/C13H19F3N4OS.HI/c1-12(7-21-8-12)6-19-11(17-2)18-4-3-10-20-9(5-22-10)13(14,15)16;/h5H,3-4,6-8H2,1-2H3,(H2,17,18,19);1H. The maximum Gasteiger partial charge on any atom is 0.434 e. The Labute approximate surface area is 154 Å². The molecule has 0 saturated carbocycles. The predicted molar refractivity (Wildman–Crippen MR) is 94.5 cm³/mol. The molecule has 0 atom stereocenters. The summed E-state index contributed by atoms with van der Waals surface area (Å²) in [5.74, 6) is 0.626. The van der Waals surface area contributed by atoms with Crippen LogP contribution in [-0.4, -0.2) is 44.3 Å². The van der Waals surface area contributed by atoms with Gasteiger partial charge in [-0.2, -0.15) is 13.2 Å². The average molecular weight is 464 g/mol. The molecule has 1 saturated heterocycles. The normalized spacial score (nSPS) is 17.2. The Morgan fingerprint density at radius 3 is 2.61 bits per heavy atom. The first-order valence-electron chi connectivity index (χ1n) is 6.86. The molecule has 5 nitrogen and oxygen atoms in total. The van der Waals surface area contributed by atoms with Crippen molar-refractivity contribution in [1.29, 1.82) is 0 Å². The van der Waals surface area contributed by atoms with Crippen molar-refractivity contribution in [2.75, 3.05) is 33.4 Å². The quantitative estimate of drug-likeness (QED) is 0.400. The lowest BCUT2D eigenvalue weighted by atomic mass is 9.89. The van der Waals surface area contributed by atoms with Crippen molar-refractivity contribution in [3.8, 4) is 0 Å². The lowest BCUT2D eigenvalue weighted by Gasteiger charge is -2.38. The molecule has 2 heterocycles. The van der Waals surface area contributed by atoms with Gasteiger partial charge in [-0.15, -0.1) is 35.3 Å². The van der Waals surface area contributed by atoms with Gasteiger partial charge in [0, 0.05) is 37.4 Å². The number of hydrogen-bond donors (Lipinski definition) is 2. The molecule has 2 N–H and O–H groups in total. The van der Waals surface area contributed by atoms with E-state index >= 15 is 0 Å². The fourth-order valence-corrected chi connectivity index (χ4v) is 2.72. The summed E-state index contributed by atoms with van der Waals surface area (Å²) in [6, 6.07) is 0. The van der Waals surface area contributed by atoms with Crippen LogP contribution >= 0.6 is 35.3 Å². The zero-order valence-electron chi connectivity index (χ0n) is 12.9. The van der Waals surface area contributed by atoms with Gasteiger partial charge in [0.1, 0.15) is 0 Å². The van der Waals surface area contributed by atoms with E-state index in [4.69, 9.17) is 4.74 Å². The van der Waals surface area contributed by atoms with Crippen LogP contribution < -0.4 is 10.6 Å². The summed E-state index contributed by atoms with van der Waals surface area (Å²) in [7, 11) is 1.65. The van der Waals surface area contributed by atoms with Gasteiger partial charge < -0.3 is 15.4 Å². The molecule has 23 heavy (non-hydrogen) atoms. The fraction of sp³-hybridized carbons (Fsp3) is 0.692. The summed E-state index contributed by atoms with van der Waals surface area (Å²) in [4.78, 5) is 7.67. The van der Waals surface area contributed by atoms with Crippen LogP contribution in [0.4, 0.5) is 13.2 Å². The number of aliphatic imine (C=N–C) groups is 1. The lowest BCUT2D eigenvalue weighted by Crippen LogP contribution is -2.51. The summed E-state index contributed by atoms with van der Waals surface area (Å²) < 4.78 is 42.5. The minimum Gasteiger partial charge on any atom is -0.380 e. The first-order valence-corrected chi connectivity index (χ1v) is 7.74. The molecule has 0 bridgehead atoms. The molecule has 1 aliphatic rings. The van der Waals surface area contributed by atoms with Crippen LogP contribution in [-0.2, 0) is 17.3 Å². The van der Waals surface area contributed by atoms with E-state index in [-0.39, 0.29) is 29.4 Å². The molecule has 0 aromatic carbocycles. The zero-order valence-corrected chi connectivity index (χ0v) is 16.0. The van der Waals surface area contributed by atoms with E-state index < -0.39 is 11.9 Å². The average Bonchev–Trinajstić information content (AvgIpc) is 2.89. The number of alkyl halides is 3. The molecule has 0 aliphatic carbocycles. The number of rotatable bonds is 5. The third-order valence-electron chi connectivity index (χ3n) is 3.28. The van der Waals surface area contributed by atoms with Crippen LogP contribution in [0.3, 0.4) is 0 Å². The molecule has 1 fully saturated rings. The van der Waals surface area contributed by atoms with Crippen molar-refractivity contribution in [3.05, 3.63) is 16.1 Å². The third-order valence-corrected chi connectivity index (χ3v) is 4.19. The Balaban J connectivity index is 0.00000264. The zero-order chi connectivity index (χ0) is 16.2. The minimum atomic E-state index is -4.37. The number of ether oxygens (including phenoxy) is 1. The van der Waals surface area contributed by atoms with Gasteiger partial charge in [-0.25, -0.2) is 4.98 Å². The Bertz CT molecular complexity index is 532. The number of nitrogens with zero attached hydrogens (tertiary/aromatic N) is 2. The first-order chi connectivity index (χ1) is 10.3. The van der Waals surface area contributed by atoms with Crippen LogP contribution in [0.5, 0.6) is 0 Å². The van der Waals surface area contributed by atoms with E-state index in [1.807, 2.05) is 0 Å². The van der Waals surface area contributed by atoms with Crippen molar-refractivity contribution in [1.82, 2.24) is 15.6 Å². The number of guanidine groups is 1. The first kappa shape index (κ1) is 20.4. The molecule has 1 aromatic rings. The van der Waals surface area contributed by atoms with Gasteiger partial charge in [0.05, 0.1) is 18.2 Å². The number of halogens is 4. The second-order valence-corrected chi connectivity index (χ2v) is 6.47. The van der Waals surface area contributed by atoms with Crippen molar-refractivity contribution in [2.45, 2.75) is 19.5 Å². The highest BCUT2D eigenvalue weighted by Crippen LogP contribution is 2.30. The van der Waals surface area contributed by atoms with Crippen LogP contribution in [0, 0.1) is 5.41 Å². The fourth-order valence-electron chi connectivity index (χ4n) is 1.91. The molecular formula is C13H20F3IN4OS. The van der Waals surface area contributed by atoms with Crippen LogP contribution in [0.2, 0.25) is 0 Å². The van der Waals surface area contributed by atoms with Gasteiger partial charge in [-0.1, -0.05) is 6.92 Å². The molecule has 132 valence electrons. The Kier molecular flexibility index (Phi) is 7.52. The predicted octanol–water partition coefficient (Wildman–Crippen LogP) is 2.52. The summed E-state index contributed by atoms with van der Waals surface area (Å²) in [5.41, 5.74) is -0.706. The lowest BCUT2D eigenvalue weighted by molar-refractivity contribution is -0.140. The smallest absolute Gasteiger partial charge is 0.380 e. The van der Waals surface area contributed by atoms with E-state index in [0.29, 0.717) is 23.9 Å². The highest BCUT2D eigenvalue weighted by molar-refractivity contribution is 14.0. The highest BCUT2D eigenvalue weighted by atomic mass is 127. The summed E-state index contributed by atoms with van der Waals surface area (Å²) in [6.45, 7) is 4.76. The number of hydrogen-bond acceptors (Lipinski definition) is 4. The molecule has 0 spiro atoms. The second-order valence-electron chi connectivity index (χ2n) is 5.53. The highest BCUT2D eigenvalue weighted by Gasteiger charge is 2.34. The number of nitrogens with one attached hydrogen (secondary N) is 2. The van der Waals surface area contributed by atoms with E-state index in [0.717, 1.165) is 36.5 Å². The largest absolute Gasteiger partial charge is 0.434 e. The molecule has 2 rings (SSSR count). The second kappa shape index (κ2) is 8.47. The molecule has 0 radical (unpaired) electrons. The molecule has 10 heteroatoms. The minimum absolute atomic E-state index is 0. The van der Waals surface area contributed by atoms with Crippen LogP contribution in [0.25, 0.3) is 0 Å². The molecule has 0 unspecified atom stereocenters. The van der Waals surface area contributed by atoms with Gasteiger partial charge in [-0.3, -0.25) is 4.99 Å². The summed E-state index contributed by atoms with van der Waals surface area (Å²) >= 11 is 1.02. The maximum atomic E-state index is 12.4. The van der Waals surface area contributed by atoms with E-state index in [1.165, 1.54) is 0 Å². The van der Waals surface area contributed by atoms with Gasteiger partial charge in [0.25, 0.3) is 0 Å². The number of aromatic nitrogens is 1. The Morgan fingerprint density at radius 1 is 1.43 bits per heavy atom. The molecule has 1 aliphatic heterocycles. The maximum absolute atomic E-state index is 12.4. The third kappa shape index (κ3) is 6.07. The van der Waals surface area contributed by atoms with E-state index in [1.54, 1.807) is 7.05 Å². The monoisotopic (exact) mass is 464 g/mol. The van der Waals surface area contributed by atoms with Gasteiger partial charge in [0.2, 0.25) is 0 Å². The van der Waals surface area contributed by atoms with Gasteiger partial charge in [-0.05, 0) is 0 Å². The Morgan fingerprint density at radius 2 is 2.13 bits per heavy atom. The van der Waals surface area contributed by atoms with Crippen molar-refractivity contribution in [2.24, 2.45) is 10.4 Å². The molecule has 1 aromatic heterocycles. The molecule has 0 amide bonds. The van der Waals surface area contributed by atoms with E-state index in [2.05, 4.69) is 27.5 Å². The molecular weight excluding hydrogens is 444 g/mol. The van der Waals surface area contributed by atoms with E-state index in [9.17, 15) is 13.2 Å². The van der Waals surface area contributed by atoms with Crippen molar-refractivity contribution >= 4 is 41.3 Å². The Hall–Kier alpha value is -0.620. The summed E-state index contributed by atoms with van der Waals surface area (Å²) in [5, 5.41) is 7.75. The van der Waals surface area contributed by atoms with Gasteiger partial charge in [0.15, 0.2) is 11.7 Å². The SMILES string of the molecule is CN=C(NCCc1nc(C(F)(F)F)cs1)NCC1(C)COC1.I. The van der Waals surface area contributed by atoms with Crippen LogP contribution in [0.15, 0.2) is 10.4 Å². The van der Waals surface area contributed by atoms with Gasteiger partial charge >= 0.3 is 6.18 Å². The topological polar surface area (TPSA) is 58.5 Å². The van der Waals surface area contributed by atoms with Crippen molar-refractivity contribution < 1.29 is 17.9 Å².